The van der Waals surface area contributed by atoms with Crippen molar-refractivity contribution < 1.29 is 19.7 Å². The maximum absolute atomic E-state index is 11.2. The van der Waals surface area contributed by atoms with Crippen LogP contribution in [0.15, 0.2) is 24.3 Å². The molecule has 1 atom stereocenters. The summed E-state index contributed by atoms with van der Waals surface area (Å²) in [5.41, 5.74) is -0.115. The third kappa shape index (κ3) is 4.83. The molecule has 5 heteroatoms. The highest BCUT2D eigenvalue weighted by atomic mass is 16.5. The molecular weight excluding hydrogens is 258 g/mol. The van der Waals surface area contributed by atoms with Gasteiger partial charge in [0.05, 0.1) is 13.2 Å². The van der Waals surface area contributed by atoms with Crippen LogP contribution in [0.5, 0.6) is 5.75 Å². The van der Waals surface area contributed by atoms with E-state index in [-0.39, 0.29) is 6.61 Å². The molecule has 1 aromatic rings. The van der Waals surface area contributed by atoms with Crippen LogP contribution in [0.3, 0.4) is 0 Å². The Morgan fingerprint density at radius 3 is 2.80 bits per heavy atom. The average Bonchev–Trinajstić information content (AvgIpc) is 2.44. The maximum atomic E-state index is 11.2. The Balaban J connectivity index is 2.42. The van der Waals surface area contributed by atoms with Crippen LogP contribution >= 0.6 is 0 Å². The molecule has 0 spiro atoms. The minimum atomic E-state index is -0.912. The molecule has 1 rings (SSSR count). The molecule has 20 heavy (non-hydrogen) atoms. The standard InChI is InChI=1S/C15H23NO4/c1-3-16-15(2,14(18)19)8-5-9-20-13-7-4-6-12(10-13)11-17/h4,6-7,10,16-17H,3,5,8-9,11H2,1-2H3,(H,18,19). The third-order valence-electron chi connectivity index (χ3n) is 3.21. The number of carboxylic acid groups (broad SMARTS) is 1. The first-order chi connectivity index (χ1) is 9.51. The number of hydrogen-bond donors (Lipinski definition) is 3. The summed E-state index contributed by atoms with van der Waals surface area (Å²) in [5.74, 6) is -0.154. The summed E-state index contributed by atoms with van der Waals surface area (Å²) in [7, 11) is 0. The number of nitrogens with one attached hydrogen (secondary N) is 1. The SMILES string of the molecule is CCNC(C)(CCCOc1cccc(CO)c1)C(=O)O. The quantitative estimate of drug-likeness (QED) is 0.601. The Hall–Kier alpha value is -1.59. The van der Waals surface area contributed by atoms with Gasteiger partial charge in [-0.3, -0.25) is 4.79 Å². The molecule has 1 unspecified atom stereocenters. The molecule has 0 aliphatic rings. The van der Waals surface area contributed by atoms with E-state index < -0.39 is 11.5 Å². The number of ether oxygens (including phenoxy) is 1. The molecule has 0 saturated carbocycles. The van der Waals surface area contributed by atoms with Crippen LogP contribution in [0, 0.1) is 0 Å². The average molecular weight is 281 g/mol. The van der Waals surface area contributed by atoms with Crippen molar-refractivity contribution in [2.24, 2.45) is 0 Å². The number of rotatable bonds is 9. The predicted octanol–water partition coefficient (Wildman–Crippen LogP) is 1.79. The fourth-order valence-electron chi connectivity index (χ4n) is 2.01. The molecule has 0 bridgehead atoms. The van der Waals surface area contributed by atoms with Gasteiger partial charge in [-0.1, -0.05) is 19.1 Å². The Kier molecular flexibility index (Phi) is 6.48. The topological polar surface area (TPSA) is 78.8 Å². The molecule has 0 aromatic heterocycles. The van der Waals surface area contributed by atoms with Gasteiger partial charge in [0.1, 0.15) is 11.3 Å². The fourth-order valence-corrected chi connectivity index (χ4v) is 2.01. The van der Waals surface area contributed by atoms with Gasteiger partial charge in [0.25, 0.3) is 0 Å². The van der Waals surface area contributed by atoms with E-state index in [1.54, 1.807) is 13.0 Å². The first-order valence-corrected chi connectivity index (χ1v) is 6.83. The molecule has 5 nitrogen and oxygen atoms in total. The molecule has 112 valence electrons. The van der Waals surface area contributed by atoms with E-state index in [0.29, 0.717) is 31.7 Å². The zero-order chi connectivity index (χ0) is 15.0. The normalized spacial score (nSPS) is 13.8. The van der Waals surface area contributed by atoms with E-state index >= 15 is 0 Å². The Bertz CT molecular complexity index is 436. The van der Waals surface area contributed by atoms with Crippen LogP contribution in [-0.4, -0.2) is 34.9 Å². The summed E-state index contributed by atoms with van der Waals surface area (Å²) < 4.78 is 5.57. The van der Waals surface area contributed by atoms with E-state index in [1.165, 1.54) is 0 Å². The first-order valence-electron chi connectivity index (χ1n) is 6.83. The second-order valence-electron chi connectivity index (χ2n) is 4.93. The molecule has 3 N–H and O–H groups in total. The molecule has 0 aliphatic heterocycles. The number of benzene rings is 1. The number of carboxylic acids is 1. The Morgan fingerprint density at radius 1 is 1.45 bits per heavy atom. The summed E-state index contributed by atoms with van der Waals surface area (Å²) in [6, 6.07) is 7.24. The number of hydrogen-bond acceptors (Lipinski definition) is 4. The molecule has 0 heterocycles. The molecule has 0 radical (unpaired) electrons. The van der Waals surface area contributed by atoms with Gasteiger partial charge >= 0.3 is 5.97 Å². The van der Waals surface area contributed by atoms with Crippen LogP contribution in [0.1, 0.15) is 32.3 Å². The minimum absolute atomic E-state index is 0.0191. The van der Waals surface area contributed by atoms with Gasteiger partial charge < -0.3 is 20.3 Å². The van der Waals surface area contributed by atoms with Crippen LogP contribution in [0.2, 0.25) is 0 Å². The van der Waals surface area contributed by atoms with Crippen molar-refractivity contribution in [3.63, 3.8) is 0 Å². The third-order valence-corrected chi connectivity index (χ3v) is 3.21. The highest BCUT2D eigenvalue weighted by Crippen LogP contribution is 2.16. The van der Waals surface area contributed by atoms with Crippen LogP contribution in [0.4, 0.5) is 0 Å². The highest BCUT2D eigenvalue weighted by molar-refractivity contribution is 5.78. The fraction of sp³-hybridized carbons (Fsp3) is 0.533. The molecule has 0 fully saturated rings. The second-order valence-corrected chi connectivity index (χ2v) is 4.93. The monoisotopic (exact) mass is 281 g/mol. The molecule has 1 aromatic carbocycles. The minimum Gasteiger partial charge on any atom is -0.494 e. The van der Waals surface area contributed by atoms with E-state index in [0.717, 1.165) is 5.56 Å². The number of aliphatic hydroxyl groups excluding tert-OH is 1. The van der Waals surface area contributed by atoms with Crippen molar-refractivity contribution in [1.82, 2.24) is 5.32 Å². The lowest BCUT2D eigenvalue weighted by molar-refractivity contribution is -0.144. The largest absolute Gasteiger partial charge is 0.494 e. The van der Waals surface area contributed by atoms with Gasteiger partial charge in [-0.15, -0.1) is 0 Å². The van der Waals surface area contributed by atoms with E-state index in [4.69, 9.17) is 9.84 Å². The summed E-state index contributed by atoms with van der Waals surface area (Å²) in [4.78, 5) is 11.2. The molecular formula is C15H23NO4. The van der Waals surface area contributed by atoms with Crippen molar-refractivity contribution in [3.05, 3.63) is 29.8 Å². The summed E-state index contributed by atoms with van der Waals surface area (Å²) >= 11 is 0. The zero-order valence-corrected chi connectivity index (χ0v) is 12.1. The molecule has 0 saturated heterocycles. The smallest absolute Gasteiger partial charge is 0.323 e. The van der Waals surface area contributed by atoms with E-state index in [9.17, 15) is 9.90 Å². The summed E-state index contributed by atoms with van der Waals surface area (Å²) in [5, 5.41) is 21.2. The van der Waals surface area contributed by atoms with Gasteiger partial charge in [0, 0.05) is 0 Å². The van der Waals surface area contributed by atoms with Crippen molar-refractivity contribution in [2.45, 2.75) is 38.8 Å². The maximum Gasteiger partial charge on any atom is 0.323 e. The van der Waals surface area contributed by atoms with Crippen molar-refractivity contribution in [3.8, 4) is 5.75 Å². The molecule has 0 aliphatic carbocycles. The number of aliphatic hydroxyl groups is 1. The lowest BCUT2D eigenvalue weighted by Crippen LogP contribution is -2.49. The van der Waals surface area contributed by atoms with Crippen molar-refractivity contribution in [1.29, 1.82) is 0 Å². The Labute approximate surface area is 119 Å². The van der Waals surface area contributed by atoms with Gasteiger partial charge in [0.15, 0.2) is 0 Å². The van der Waals surface area contributed by atoms with Crippen molar-refractivity contribution >= 4 is 5.97 Å². The van der Waals surface area contributed by atoms with Gasteiger partial charge in [-0.25, -0.2) is 0 Å². The van der Waals surface area contributed by atoms with E-state index in [2.05, 4.69) is 5.32 Å². The summed E-state index contributed by atoms with van der Waals surface area (Å²) in [6.07, 6.45) is 1.13. The van der Waals surface area contributed by atoms with E-state index in [1.807, 2.05) is 25.1 Å². The van der Waals surface area contributed by atoms with Gasteiger partial charge in [-0.05, 0) is 44.0 Å². The Morgan fingerprint density at radius 2 is 2.20 bits per heavy atom. The zero-order valence-electron chi connectivity index (χ0n) is 12.1. The summed E-state index contributed by atoms with van der Waals surface area (Å²) in [6.45, 7) is 4.61. The van der Waals surface area contributed by atoms with Gasteiger partial charge in [0.2, 0.25) is 0 Å². The lowest BCUT2D eigenvalue weighted by Gasteiger charge is -2.25. The lowest BCUT2D eigenvalue weighted by atomic mass is 9.96. The highest BCUT2D eigenvalue weighted by Gasteiger charge is 2.31. The molecule has 0 amide bonds. The van der Waals surface area contributed by atoms with Crippen LogP contribution in [0.25, 0.3) is 0 Å². The number of likely N-dealkylation sites (N-methyl/N-ethyl adjacent to an activating group) is 1. The number of aliphatic carboxylic acids is 1. The first kappa shape index (κ1) is 16.5. The van der Waals surface area contributed by atoms with Crippen LogP contribution in [-0.2, 0) is 11.4 Å². The van der Waals surface area contributed by atoms with Crippen LogP contribution < -0.4 is 10.1 Å². The van der Waals surface area contributed by atoms with Gasteiger partial charge in [-0.2, -0.15) is 0 Å². The van der Waals surface area contributed by atoms with Crippen molar-refractivity contribution in [2.75, 3.05) is 13.2 Å². The second kappa shape index (κ2) is 7.87. The number of carbonyl (C=O) groups is 1. The predicted molar refractivity (Wildman–Crippen MR) is 76.8 cm³/mol.